The summed E-state index contributed by atoms with van der Waals surface area (Å²) in [5, 5.41) is 6.96. The highest BCUT2D eigenvalue weighted by atomic mass is 19.1. The van der Waals surface area contributed by atoms with E-state index in [1.54, 1.807) is 30.3 Å². The van der Waals surface area contributed by atoms with Crippen LogP contribution in [-0.2, 0) is 0 Å². The Labute approximate surface area is 156 Å². The number of benzene rings is 2. The van der Waals surface area contributed by atoms with Crippen LogP contribution in [0.3, 0.4) is 0 Å². The predicted molar refractivity (Wildman–Crippen MR) is 100 cm³/mol. The zero-order chi connectivity index (χ0) is 19.6. The van der Waals surface area contributed by atoms with Crippen molar-refractivity contribution >= 4 is 11.6 Å². The Morgan fingerprint density at radius 3 is 2.44 bits per heavy atom. The highest BCUT2D eigenvalue weighted by Gasteiger charge is 2.16. The molecule has 0 spiro atoms. The van der Waals surface area contributed by atoms with Crippen LogP contribution in [0.2, 0.25) is 0 Å². The number of amides is 1. The largest absolute Gasteiger partial charge is 0.497 e. The van der Waals surface area contributed by atoms with Gasteiger partial charge in [0.25, 0.3) is 5.91 Å². The highest BCUT2D eigenvalue weighted by Crippen LogP contribution is 2.26. The third kappa shape index (κ3) is 3.76. The molecule has 1 amide bonds. The molecule has 0 fully saturated rings. The van der Waals surface area contributed by atoms with Crippen molar-refractivity contribution in [2.45, 2.75) is 13.8 Å². The molecule has 1 N–H and O–H groups in total. The minimum absolute atomic E-state index is 0.292. The van der Waals surface area contributed by atoms with Gasteiger partial charge < -0.3 is 14.8 Å². The number of nitrogens with zero attached hydrogens (tertiary/aromatic N) is 2. The molecule has 0 saturated carbocycles. The Bertz CT molecular complexity index is 998. The van der Waals surface area contributed by atoms with E-state index in [2.05, 4.69) is 10.4 Å². The standard InChI is InChI=1S/C20H20FN3O3/c1-12-9-13(2)24(23-12)18-7-5-14(10-17(18)21)22-20(25)16-11-15(26-3)6-8-19(16)27-4/h5-11H,1-4H3,(H,22,25). The van der Waals surface area contributed by atoms with Crippen LogP contribution < -0.4 is 14.8 Å². The first-order valence-electron chi connectivity index (χ1n) is 8.29. The number of carbonyl (C=O) groups excluding carboxylic acids is 1. The third-order valence-electron chi connectivity index (χ3n) is 4.09. The van der Waals surface area contributed by atoms with E-state index >= 15 is 0 Å². The van der Waals surface area contributed by atoms with Gasteiger partial charge in [0.1, 0.15) is 17.2 Å². The quantitative estimate of drug-likeness (QED) is 0.741. The number of hydrogen-bond donors (Lipinski definition) is 1. The molecule has 0 unspecified atom stereocenters. The Balaban J connectivity index is 1.87. The van der Waals surface area contributed by atoms with E-state index in [0.717, 1.165) is 11.4 Å². The summed E-state index contributed by atoms with van der Waals surface area (Å²) in [7, 11) is 2.98. The molecule has 3 rings (SSSR count). The van der Waals surface area contributed by atoms with Gasteiger partial charge in [-0.05, 0) is 56.3 Å². The van der Waals surface area contributed by atoms with Gasteiger partial charge in [-0.15, -0.1) is 0 Å². The number of hydrogen-bond acceptors (Lipinski definition) is 4. The van der Waals surface area contributed by atoms with Crippen LogP contribution >= 0.6 is 0 Å². The van der Waals surface area contributed by atoms with E-state index in [1.807, 2.05) is 19.9 Å². The average Bonchev–Trinajstić information content (AvgIpc) is 2.99. The second-order valence-electron chi connectivity index (χ2n) is 6.03. The second kappa shape index (κ2) is 7.49. The fraction of sp³-hybridized carbons (Fsp3) is 0.200. The summed E-state index contributed by atoms with van der Waals surface area (Å²) in [6, 6.07) is 11.2. The molecule has 6 nitrogen and oxygen atoms in total. The molecular formula is C20H20FN3O3. The van der Waals surface area contributed by atoms with E-state index in [-0.39, 0.29) is 0 Å². The van der Waals surface area contributed by atoms with Gasteiger partial charge in [-0.25, -0.2) is 9.07 Å². The molecular weight excluding hydrogens is 349 g/mol. The Hall–Kier alpha value is -3.35. The lowest BCUT2D eigenvalue weighted by molar-refractivity contribution is 0.102. The summed E-state index contributed by atoms with van der Waals surface area (Å²) in [5.41, 5.74) is 2.56. The van der Waals surface area contributed by atoms with Gasteiger partial charge >= 0.3 is 0 Å². The minimum Gasteiger partial charge on any atom is -0.497 e. The number of methoxy groups -OCH3 is 2. The molecule has 27 heavy (non-hydrogen) atoms. The monoisotopic (exact) mass is 369 g/mol. The maximum Gasteiger partial charge on any atom is 0.259 e. The van der Waals surface area contributed by atoms with Crippen molar-refractivity contribution in [1.82, 2.24) is 9.78 Å². The zero-order valence-corrected chi connectivity index (χ0v) is 15.5. The van der Waals surface area contributed by atoms with Crippen LogP contribution in [0.5, 0.6) is 11.5 Å². The van der Waals surface area contributed by atoms with Gasteiger partial charge in [-0.2, -0.15) is 5.10 Å². The maximum atomic E-state index is 14.6. The van der Waals surface area contributed by atoms with E-state index in [9.17, 15) is 9.18 Å². The van der Waals surface area contributed by atoms with E-state index in [1.165, 1.54) is 25.0 Å². The lowest BCUT2D eigenvalue weighted by Crippen LogP contribution is -2.14. The number of nitrogens with one attached hydrogen (secondary N) is 1. The van der Waals surface area contributed by atoms with Gasteiger partial charge in [0.05, 0.1) is 25.5 Å². The Morgan fingerprint density at radius 2 is 1.85 bits per heavy atom. The van der Waals surface area contributed by atoms with Crippen molar-refractivity contribution < 1.29 is 18.7 Å². The van der Waals surface area contributed by atoms with E-state index in [0.29, 0.717) is 28.4 Å². The van der Waals surface area contributed by atoms with Crippen LogP contribution in [0.15, 0.2) is 42.5 Å². The Morgan fingerprint density at radius 1 is 1.07 bits per heavy atom. The number of anilines is 1. The summed E-state index contributed by atoms with van der Waals surface area (Å²) in [6.45, 7) is 3.70. The predicted octanol–water partition coefficient (Wildman–Crippen LogP) is 3.90. The number of rotatable bonds is 5. The number of ether oxygens (including phenoxy) is 2. The molecule has 7 heteroatoms. The van der Waals surface area contributed by atoms with Gasteiger partial charge in [0.2, 0.25) is 0 Å². The summed E-state index contributed by atoms with van der Waals surface area (Å²) < 4.78 is 26.5. The first-order chi connectivity index (χ1) is 12.9. The summed E-state index contributed by atoms with van der Waals surface area (Å²) in [6.07, 6.45) is 0. The molecule has 2 aromatic carbocycles. The van der Waals surface area contributed by atoms with Crippen molar-refractivity contribution in [3.63, 3.8) is 0 Å². The van der Waals surface area contributed by atoms with E-state index in [4.69, 9.17) is 9.47 Å². The lowest BCUT2D eigenvalue weighted by Gasteiger charge is -2.12. The number of aryl methyl sites for hydroxylation is 2. The van der Waals surface area contributed by atoms with Gasteiger partial charge in [-0.3, -0.25) is 4.79 Å². The zero-order valence-electron chi connectivity index (χ0n) is 15.5. The fourth-order valence-corrected chi connectivity index (χ4v) is 2.82. The van der Waals surface area contributed by atoms with Crippen molar-refractivity contribution in [3.8, 4) is 17.2 Å². The van der Waals surface area contributed by atoms with Crippen LogP contribution in [-0.4, -0.2) is 29.9 Å². The second-order valence-corrected chi connectivity index (χ2v) is 6.03. The third-order valence-corrected chi connectivity index (χ3v) is 4.09. The summed E-state index contributed by atoms with van der Waals surface area (Å²) in [5.74, 6) is 0.000611. The lowest BCUT2D eigenvalue weighted by atomic mass is 10.1. The van der Waals surface area contributed by atoms with Gasteiger partial charge in [0, 0.05) is 11.4 Å². The van der Waals surface area contributed by atoms with Crippen molar-refractivity contribution in [1.29, 1.82) is 0 Å². The number of halogens is 1. The van der Waals surface area contributed by atoms with Crippen LogP contribution in [0.4, 0.5) is 10.1 Å². The first kappa shape index (κ1) is 18.4. The molecule has 0 saturated heterocycles. The van der Waals surface area contributed by atoms with Crippen LogP contribution in [0.1, 0.15) is 21.7 Å². The minimum atomic E-state index is -0.489. The molecule has 3 aromatic rings. The van der Waals surface area contributed by atoms with Crippen LogP contribution in [0.25, 0.3) is 5.69 Å². The number of carbonyl (C=O) groups is 1. The molecule has 140 valence electrons. The molecule has 0 aliphatic carbocycles. The molecule has 1 aromatic heterocycles. The average molecular weight is 369 g/mol. The Kier molecular flexibility index (Phi) is 5.12. The molecule has 1 heterocycles. The highest BCUT2D eigenvalue weighted by molar-refractivity contribution is 6.06. The van der Waals surface area contributed by atoms with Gasteiger partial charge in [0.15, 0.2) is 5.82 Å². The molecule has 0 bridgehead atoms. The first-order valence-corrected chi connectivity index (χ1v) is 8.29. The SMILES string of the molecule is COc1ccc(OC)c(C(=O)Nc2ccc(-n3nc(C)cc3C)c(F)c2)c1. The topological polar surface area (TPSA) is 65.4 Å². The van der Waals surface area contributed by atoms with Crippen molar-refractivity contribution in [2.24, 2.45) is 0 Å². The van der Waals surface area contributed by atoms with Gasteiger partial charge in [-0.1, -0.05) is 0 Å². The molecule has 0 radical (unpaired) electrons. The normalized spacial score (nSPS) is 10.6. The van der Waals surface area contributed by atoms with E-state index < -0.39 is 11.7 Å². The van der Waals surface area contributed by atoms with Crippen molar-refractivity contribution in [3.05, 3.63) is 65.2 Å². The fourth-order valence-electron chi connectivity index (χ4n) is 2.82. The molecule has 0 atom stereocenters. The maximum absolute atomic E-state index is 14.6. The number of aromatic nitrogens is 2. The van der Waals surface area contributed by atoms with Crippen molar-refractivity contribution in [2.75, 3.05) is 19.5 Å². The summed E-state index contributed by atoms with van der Waals surface area (Å²) in [4.78, 5) is 12.6. The molecule has 0 aliphatic heterocycles. The van der Waals surface area contributed by atoms with Crippen LogP contribution in [0, 0.1) is 19.7 Å². The smallest absolute Gasteiger partial charge is 0.259 e. The molecule has 0 aliphatic rings. The summed E-state index contributed by atoms with van der Waals surface area (Å²) >= 11 is 0.